The standard InChI is InChI=1S/C64H47NO/c1-63(2)55-29-11-8-25-52(55)60-51(27-15-30-56(60)63)50-24-9-12-31-58(50)65(44-20-13-18-41(37-44)42-34-35-49-48-23-7-10-28-54(48)64(3,4)57(49)39-42)45-21-14-19-43(38-45)46-26-16-32-59-61(46)53-36-33-40-17-5-6-22-47(40)62(53)66-59/h5-39H,1-4H3. The number of para-hydroxylation sites is 1. The maximum absolute atomic E-state index is 6.69. The van der Waals surface area contributed by atoms with Crippen LogP contribution in [0, 0.1) is 0 Å². The van der Waals surface area contributed by atoms with E-state index in [0.717, 1.165) is 55.5 Å². The van der Waals surface area contributed by atoms with E-state index >= 15 is 0 Å². The van der Waals surface area contributed by atoms with Gasteiger partial charge in [-0.25, -0.2) is 0 Å². The Labute approximate surface area is 386 Å². The molecule has 0 radical (unpaired) electrons. The third-order valence-corrected chi connectivity index (χ3v) is 14.9. The molecule has 0 spiro atoms. The first-order chi connectivity index (χ1) is 32.3. The van der Waals surface area contributed by atoms with Crippen LogP contribution >= 0.6 is 0 Å². The van der Waals surface area contributed by atoms with Gasteiger partial charge in [-0.05, 0) is 126 Å². The summed E-state index contributed by atoms with van der Waals surface area (Å²) in [6.07, 6.45) is 0. The van der Waals surface area contributed by atoms with Crippen molar-refractivity contribution in [1.82, 2.24) is 0 Å². The lowest BCUT2D eigenvalue weighted by atomic mass is 9.81. The van der Waals surface area contributed by atoms with Gasteiger partial charge in [-0.2, -0.15) is 0 Å². The minimum absolute atomic E-state index is 0.0929. The van der Waals surface area contributed by atoms with Crippen molar-refractivity contribution in [2.24, 2.45) is 0 Å². The number of hydrogen-bond donors (Lipinski definition) is 0. The highest BCUT2D eigenvalue weighted by Gasteiger charge is 2.38. The average Bonchev–Trinajstić information content (AvgIpc) is 3.94. The van der Waals surface area contributed by atoms with Crippen LogP contribution in [0.5, 0.6) is 0 Å². The molecule has 2 nitrogen and oxygen atoms in total. The van der Waals surface area contributed by atoms with E-state index in [1.165, 1.54) is 72.1 Å². The molecular weight excluding hydrogens is 799 g/mol. The summed E-state index contributed by atoms with van der Waals surface area (Å²) in [4.78, 5) is 2.47. The molecule has 2 aliphatic rings. The molecule has 0 saturated heterocycles. The molecule has 66 heavy (non-hydrogen) atoms. The molecule has 0 aliphatic heterocycles. The van der Waals surface area contributed by atoms with Crippen LogP contribution in [0.15, 0.2) is 217 Å². The summed E-state index contributed by atoms with van der Waals surface area (Å²) in [7, 11) is 0. The molecule has 11 aromatic rings. The average molecular weight is 846 g/mol. The van der Waals surface area contributed by atoms with Gasteiger partial charge in [0.15, 0.2) is 0 Å². The fourth-order valence-electron chi connectivity index (χ4n) is 11.6. The van der Waals surface area contributed by atoms with Gasteiger partial charge in [-0.15, -0.1) is 0 Å². The van der Waals surface area contributed by atoms with Crippen LogP contribution in [0.4, 0.5) is 17.1 Å². The molecule has 2 aliphatic carbocycles. The van der Waals surface area contributed by atoms with E-state index in [9.17, 15) is 0 Å². The number of hydrogen-bond acceptors (Lipinski definition) is 2. The molecular formula is C64H47NO. The number of rotatable bonds is 6. The van der Waals surface area contributed by atoms with Crippen molar-refractivity contribution >= 4 is 49.8 Å². The molecule has 0 unspecified atom stereocenters. The molecule has 0 bridgehead atoms. The molecule has 0 fully saturated rings. The fraction of sp³-hybridized carbons (Fsp3) is 0.0938. The summed E-state index contributed by atoms with van der Waals surface area (Å²) in [5.41, 5.74) is 22.8. The van der Waals surface area contributed by atoms with Gasteiger partial charge in [-0.3, -0.25) is 0 Å². The lowest BCUT2D eigenvalue weighted by Crippen LogP contribution is -2.15. The molecule has 0 saturated carbocycles. The summed E-state index contributed by atoms with van der Waals surface area (Å²) in [5, 5.41) is 4.56. The normalized spacial score (nSPS) is 14.0. The van der Waals surface area contributed by atoms with Gasteiger partial charge >= 0.3 is 0 Å². The molecule has 0 atom stereocenters. The Kier molecular flexibility index (Phi) is 8.33. The second kappa shape index (κ2) is 14.3. The summed E-state index contributed by atoms with van der Waals surface area (Å²) in [6, 6.07) is 78.4. The Morgan fingerprint density at radius 3 is 1.77 bits per heavy atom. The number of fused-ring (bicyclic) bond motifs is 11. The minimum Gasteiger partial charge on any atom is -0.455 e. The van der Waals surface area contributed by atoms with Gasteiger partial charge < -0.3 is 9.32 Å². The molecule has 2 heteroatoms. The number of benzene rings is 10. The smallest absolute Gasteiger partial charge is 0.143 e. The van der Waals surface area contributed by atoms with Gasteiger partial charge in [0.2, 0.25) is 0 Å². The monoisotopic (exact) mass is 845 g/mol. The summed E-state index contributed by atoms with van der Waals surface area (Å²) in [6.45, 7) is 9.44. The Hall–Kier alpha value is -7.94. The van der Waals surface area contributed by atoms with Crippen molar-refractivity contribution in [3.63, 3.8) is 0 Å². The summed E-state index contributed by atoms with van der Waals surface area (Å²) < 4.78 is 6.69. The third-order valence-electron chi connectivity index (χ3n) is 14.9. The first-order valence-corrected chi connectivity index (χ1v) is 23.2. The Bertz CT molecular complexity index is 3790. The minimum atomic E-state index is -0.115. The predicted molar refractivity (Wildman–Crippen MR) is 277 cm³/mol. The van der Waals surface area contributed by atoms with Crippen molar-refractivity contribution in [3.05, 3.63) is 235 Å². The van der Waals surface area contributed by atoms with Crippen molar-refractivity contribution < 1.29 is 4.42 Å². The van der Waals surface area contributed by atoms with Gasteiger partial charge in [0, 0.05) is 43.9 Å². The topological polar surface area (TPSA) is 16.4 Å². The molecule has 314 valence electrons. The zero-order chi connectivity index (χ0) is 44.3. The van der Waals surface area contributed by atoms with E-state index in [1.807, 2.05) is 0 Å². The highest BCUT2D eigenvalue weighted by molar-refractivity contribution is 6.19. The molecule has 0 N–H and O–H groups in total. The van der Waals surface area contributed by atoms with E-state index in [-0.39, 0.29) is 10.8 Å². The number of furan rings is 1. The van der Waals surface area contributed by atoms with Crippen LogP contribution in [0.1, 0.15) is 49.9 Å². The van der Waals surface area contributed by atoms with E-state index in [2.05, 4.69) is 245 Å². The van der Waals surface area contributed by atoms with E-state index < -0.39 is 0 Å². The van der Waals surface area contributed by atoms with Crippen LogP contribution in [0.3, 0.4) is 0 Å². The predicted octanol–water partition coefficient (Wildman–Crippen LogP) is 17.8. The highest BCUT2D eigenvalue weighted by Crippen LogP contribution is 2.55. The molecule has 1 heterocycles. The van der Waals surface area contributed by atoms with Gasteiger partial charge in [-0.1, -0.05) is 191 Å². The zero-order valence-electron chi connectivity index (χ0n) is 37.6. The van der Waals surface area contributed by atoms with Gasteiger partial charge in [0.05, 0.1) is 5.69 Å². The molecule has 1 aromatic heterocycles. The first-order valence-electron chi connectivity index (χ1n) is 23.2. The van der Waals surface area contributed by atoms with E-state index in [0.29, 0.717) is 0 Å². The lowest BCUT2D eigenvalue weighted by molar-refractivity contribution is 0.660. The number of nitrogens with zero attached hydrogens (tertiary/aromatic N) is 1. The first kappa shape index (κ1) is 38.5. The fourth-order valence-corrected chi connectivity index (χ4v) is 11.6. The Morgan fingerprint density at radius 2 is 0.939 bits per heavy atom. The van der Waals surface area contributed by atoms with Crippen LogP contribution in [-0.2, 0) is 10.8 Å². The highest BCUT2D eigenvalue weighted by atomic mass is 16.3. The molecule has 13 rings (SSSR count). The van der Waals surface area contributed by atoms with Crippen LogP contribution in [0.2, 0.25) is 0 Å². The maximum Gasteiger partial charge on any atom is 0.143 e. The van der Waals surface area contributed by atoms with E-state index in [1.54, 1.807) is 0 Å². The molecule has 10 aromatic carbocycles. The van der Waals surface area contributed by atoms with Crippen molar-refractivity contribution in [2.45, 2.75) is 38.5 Å². The van der Waals surface area contributed by atoms with Crippen LogP contribution < -0.4 is 4.90 Å². The van der Waals surface area contributed by atoms with Gasteiger partial charge in [0.1, 0.15) is 11.2 Å². The Morgan fingerprint density at radius 1 is 0.364 bits per heavy atom. The second-order valence-corrected chi connectivity index (χ2v) is 19.2. The lowest BCUT2D eigenvalue weighted by Gasteiger charge is -2.29. The second-order valence-electron chi connectivity index (χ2n) is 19.2. The Balaban J connectivity index is 1.02. The SMILES string of the molecule is CC1(C)c2ccccc2-c2ccc(-c3cccc(N(c4cccc(-c5cccc6oc7c8ccccc8ccc7c56)c4)c4ccccc4-c4cccc5c4-c4ccccc4C5(C)C)c3)cc21. The summed E-state index contributed by atoms with van der Waals surface area (Å²) in [5.74, 6) is 0. The van der Waals surface area contributed by atoms with Gasteiger partial charge in [0.25, 0.3) is 0 Å². The van der Waals surface area contributed by atoms with Crippen molar-refractivity contribution in [1.29, 1.82) is 0 Å². The van der Waals surface area contributed by atoms with Crippen LogP contribution in [0.25, 0.3) is 88.3 Å². The molecule has 0 amide bonds. The largest absolute Gasteiger partial charge is 0.455 e. The maximum atomic E-state index is 6.69. The van der Waals surface area contributed by atoms with Crippen molar-refractivity contribution in [2.75, 3.05) is 4.90 Å². The number of anilines is 3. The van der Waals surface area contributed by atoms with E-state index in [4.69, 9.17) is 4.42 Å². The quantitative estimate of drug-likeness (QED) is 0.166. The van der Waals surface area contributed by atoms with Crippen molar-refractivity contribution in [3.8, 4) is 55.6 Å². The summed E-state index contributed by atoms with van der Waals surface area (Å²) >= 11 is 0. The zero-order valence-corrected chi connectivity index (χ0v) is 37.6. The van der Waals surface area contributed by atoms with Crippen LogP contribution in [-0.4, -0.2) is 0 Å². The third kappa shape index (κ3) is 5.61.